The van der Waals surface area contributed by atoms with Gasteiger partial charge in [0.1, 0.15) is 0 Å². The molecule has 1 rings (SSSR count). The van der Waals surface area contributed by atoms with E-state index in [0.29, 0.717) is 12.8 Å². The van der Waals surface area contributed by atoms with Crippen molar-refractivity contribution in [2.75, 3.05) is 21.2 Å². The number of hydrogen-bond acceptors (Lipinski definition) is 3. The summed E-state index contributed by atoms with van der Waals surface area (Å²) in [7, 11) is 5.28. The maximum atomic E-state index is 13.6. The van der Waals surface area contributed by atoms with Crippen LogP contribution in [0.5, 0.6) is 5.75 Å². The third kappa shape index (κ3) is 3.43. The molecule has 0 aliphatic heterocycles. The first kappa shape index (κ1) is 13.5. The van der Waals surface area contributed by atoms with E-state index in [9.17, 15) is 4.39 Å². The SMILES string of the molecule is COc1ccc(C(CCC#N)N(C)C)cc1F. The van der Waals surface area contributed by atoms with Gasteiger partial charge in [-0.05, 0) is 38.2 Å². The molecule has 17 heavy (non-hydrogen) atoms. The Hall–Kier alpha value is -1.60. The predicted molar refractivity (Wildman–Crippen MR) is 64.2 cm³/mol. The molecule has 1 atom stereocenters. The first-order valence-electron chi connectivity index (χ1n) is 5.47. The summed E-state index contributed by atoms with van der Waals surface area (Å²) in [6, 6.07) is 7.09. The van der Waals surface area contributed by atoms with Crippen molar-refractivity contribution in [3.8, 4) is 11.8 Å². The summed E-state index contributed by atoms with van der Waals surface area (Å²) in [5.74, 6) is -0.125. The van der Waals surface area contributed by atoms with Crippen LogP contribution in [0.2, 0.25) is 0 Å². The molecule has 0 aromatic heterocycles. The summed E-state index contributed by atoms with van der Waals surface area (Å²) in [6.07, 6.45) is 1.14. The second-order valence-corrected chi connectivity index (χ2v) is 4.07. The molecule has 0 aliphatic carbocycles. The number of halogens is 1. The van der Waals surface area contributed by atoms with Crippen LogP contribution in [0.25, 0.3) is 0 Å². The molecular weight excluding hydrogens is 219 g/mol. The van der Waals surface area contributed by atoms with Crippen LogP contribution in [-0.2, 0) is 0 Å². The molecular formula is C13H17FN2O. The van der Waals surface area contributed by atoms with Gasteiger partial charge in [-0.1, -0.05) is 6.07 Å². The smallest absolute Gasteiger partial charge is 0.165 e. The number of methoxy groups -OCH3 is 1. The molecule has 0 N–H and O–H groups in total. The summed E-state index contributed by atoms with van der Waals surface area (Å²) in [5.41, 5.74) is 0.864. The number of benzene rings is 1. The molecule has 3 nitrogen and oxygen atoms in total. The molecule has 92 valence electrons. The highest BCUT2D eigenvalue weighted by Crippen LogP contribution is 2.27. The molecule has 0 radical (unpaired) electrons. The Bertz CT molecular complexity index is 412. The molecule has 0 saturated carbocycles. The maximum absolute atomic E-state index is 13.6. The third-order valence-corrected chi connectivity index (χ3v) is 2.71. The van der Waals surface area contributed by atoms with Crippen LogP contribution in [0.4, 0.5) is 4.39 Å². The van der Waals surface area contributed by atoms with Gasteiger partial charge in [-0.3, -0.25) is 0 Å². The van der Waals surface area contributed by atoms with Crippen molar-refractivity contribution in [2.45, 2.75) is 18.9 Å². The van der Waals surface area contributed by atoms with Gasteiger partial charge in [0.25, 0.3) is 0 Å². The predicted octanol–water partition coefficient (Wildman–Crippen LogP) is 2.74. The summed E-state index contributed by atoms with van der Waals surface area (Å²) in [5, 5.41) is 8.62. The number of ether oxygens (including phenoxy) is 1. The van der Waals surface area contributed by atoms with Crippen LogP contribution in [0.15, 0.2) is 18.2 Å². The van der Waals surface area contributed by atoms with Gasteiger partial charge in [0, 0.05) is 12.5 Å². The van der Waals surface area contributed by atoms with Gasteiger partial charge in [-0.15, -0.1) is 0 Å². The molecule has 0 spiro atoms. The summed E-state index contributed by atoms with van der Waals surface area (Å²) >= 11 is 0. The van der Waals surface area contributed by atoms with Crippen molar-refractivity contribution >= 4 is 0 Å². The number of hydrogen-bond donors (Lipinski definition) is 0. The Morgan fingerprint density at radius 2 is 2.18 bits per heavy atom. The largest absolute Gasteiger partial charge is 0.494 e. The molecule has 0 saturated heterocycles. The molecule has 4 heteroatoms. The Morgan fingerprint density at radius 3 is 2.65 bits per heavy atom. The summed E-state index contributed by atoms with van der Waals surface area (Å²) in [4.78, 5) is 1.98. The van der Waals surface area contributed by atoms with E-state index in [1.54, 1.807) is 6.07 Å². The normalized spacial score (nSPS) is 12.2. The van der Waals surface area contributed by atoms with Crippen molar-refractivity contribution in [3.05, 3.63) is 29.6 Å². The number of rotatable bonds is 5. The second kappa shape index (κ2) is 6.21. The minimum Gasteiger partial charge on any atom is -0.494 e. The molecule has 0 fully saturated rings. The fraction of sp³-hybridized carbons (Fsp3) is 0.462. The van der Waals surface area contributed by atoms with Gasteiger partial charge < -0.3 is 9.64 Å². The van der Waals surface area contributed by atoms with Crippen LogP contribution in [-0.4, -0.2) is 26.1 Å². The van der Waals surface area contributed by atoms with E-state index < -0.39 is 0 Å². The standard InChI is InChI=1S/C13H17FN2O/c1-16(2)12(5-4-8-15)10-6-7-13(17-3)11(14)9-10/h6-7,9,12H,4-5H2,1-3H3. The van der Waals surface area contributed by atoms with Crippen molar-refractivity contribution in [1.29, 1.82) is 5.26 Å². The van der Waals surface area contributed by atoms with Crippen molar-refractivity contribution < 1.29 is 9.13 Å². The average molecular weight is 236 g/mol. The lowest BCUT2D eigenvalue weighted by atomic mass is 10.0. The fourth-order valence-electron chi connectivity index (χ4n) is 1.81. The highest BCUT2D eigenvalue weighted by atomic mass is 19.1. The van der Waals surface area contributed by atoms with E-state index in [-0.39, 0.29) is 17.6 Å². The lowest BCUT2D eigenvalue weighted by Gasteiger charge is -2.24. The monoisotopic (exact) mass is 236 g/mol. The summed E-state index contributed by atoms with van der Waals surface area (Å²) < 4.78 is 18.5. The molecule has 0 amide bonds. The lowest BCUT2D eigenvalue weighted by Crippen LogP contribution is -2.20. The number of nitriles is 1. The lowest BCUT2D eigenvalue weighted by molar-refractivity contribution is 0.284. The minimum atomic E-state index is -0.367. The molecule has 0 bridgehead atoms. The summed E-state index contributed by atoms with van der Waals surface area (Å²) in [6.45, 7) is 0. The highest BCUT2D eigenvalue weighted by molar-refractivity contribution is 5.31. The Balaban J connectivity index is 2.95. The quantitative estimate of drug-likeness (QED) is 0.788. The van der Waals surface area contributed by atoms with Crippen LogP contribution in [0, 0.1) is 17.1 Å². The van der Waals surface area contributed by atoms with Gasteiger partial charge in [0.05, 0.1) is 13.2 Å². The highest BCUT2D eigenvalue weighted by Gasteiger charge is 2.15. The zero-order valence-corrected chi connectivity index (χ0v) is 10.4. The second-order valence-electron chi connectivity index (χ2n) is 4.07. The van der Waals surface area contributed by atoms with E-state index in [4.69, 9.17) is 10.00 Å². The third-order valence-electron chi connectivity index (χ3n) is 2.71. The van der Waals surface area contributed by atoms with Gasteiger partial charge in [0.15, 0.2) is 11.6 Å². The molecule has 0 heterocycles. The van der Waals surface area contributed by atoms with E-state index in [1.807, 2.05) is 25.1 Å². The van der Waals surface area contributed by atoms with Gasteiger partial charge in [-0.25, -0.2) is 4.39 Å². The zero-order chi connectivity index (χ0) is 12.8. The topological polar surface area (TPSA) is 36.3 Å². The first-order chi connectivity index (χ1) is 8.10. The molecule has 0 aliphatic rings. The van der Waals surface area contributed by atoms with Crippen LogP contribution >= 0.6 is 0 Å². The maximum Gasteiger partial charge on any atom is 0.165 e. The Labute approximate surface area is 101 Å². The number of nitrogens with zero attached hydrogens (tertiary/aromatic N) is 2. The van der Waals surface area contributed by atoms with Crippen molar-refractivity contribution in [1.82, 2.24) is 4.90 Å². The molecule has 1 aromatic rings. The zero-order valence-electron chi connectivity index (χ0n) is 10.4. The van der Waals surface area contributed by atoms with Crippen LogP contribution < -0.4 is 4.74 Å². The van der Waals surface area contributed by atoms with Gasteiger partial charge >= 0.3 is 0 Å². The van der Waals surface area contributed by atoms with Crippen LogP contribution in [0.3, 0.4) is 0 Å². The van der Waals surface area contributed by atoms with Gasteiger partial charge in [-0.2, -0.15) is 5.26 Å². The average Bonchev–Trinajstić information content (AvgIpc) is 2.29. The fourth-order valence-corrected chi connectivity index (χ4v) is 1.81. The first-order valence-corrected chi connectivity index (χ1v) is 5.47. The van der Waals surface area contributed by atoms with E-state index in [0.717, 1.165) is 5.56 Å². The van der Waals surface area contributed by atoms with E-state index >= 15 is 0 Å². The van der Waals surface area contributed by atoms with Gasteiger partial charge in [0.2, 0.25) is 0 Å². The van der Waals surface area contributed by atoms with E-state index in [2.05, 4.69) is 6.07 Å². The van der Waals surface area contributed by atoms with Crippen molar-refractivity contribution in [2.24, 2.45) is 0 Å². The Kier molecular flexibility index (Phi) is 4.92. The molecule has 1 unspecified atom stereocenters. The van der Waals surface area contributed by atoms with Crippen molar-refractivity contribution in [3.63, 3.8) is 0 Å². The Morgan fingerprint density at radius 1 is 1.47 bits per heavy atom. The minimum absolute atomic E-state index is 0.0510. The van der Waals surface area contributed by atoms with Crippen LogP contribution in [0.1, 0.15) is 24.4 Å². The van der Waals surface area contributed by atoms with E-state index in [1.165, 1.54) is 13.2 Å². The molecule has 1 aromatic carbocycles.